The monoisotopic (exact) mass is 313 g/mol. The Hall–Kier alpha value is -1.18. The average molecular weight is 313 g/mol. The number of rotatable bonds is 5. The van der Waals surface area contributed by atoms with Gasteiger partial charge < -0.3 is 10.3 Å². The van der Waals surface area contributed by atoms with Crippen LogP contribution in [0.4, 0.5) is 0 Å². The van der Waals surface area contributed by atoms with Crippen molar-refractivity contribution in [2.45, 2.75) is 44.7 Å². The quantitative estimate of drug-likeness (QED) is 0.745. The minimum atomic E-state index is -3.24. The molecule has 118 valence electrons. The van der Waals surface area contributed by atoms with Crippen LogP contribution in [0.1, 0.15) is 44.0 Å². The third-order valence-corrected chi connectivity index (χ3v) is 4.51. The largest absolute Gasteiger partial charge is 0.326 e. The molecular weight excluding hydrogens is 290 g/mol. The van der Waals surface area contributed by atoms with Crippen molar-refractivity contribution < 1.29 is 8.42 Å². The number of H-pyrrole nitrogens is 1. The summed E-state index contributed by atoms with van der Waals surface area (Å²) in [6.45, 7) is 4.21. The van der Waals surface area contributed by atoms with Gasteiger partial charge in [0.2, 0.25) is 15.6 Å². The molecule has 0 bridgehead atoms. The highest BCUT2D eigenvalue weighted by Gasteiger charge is 2.26. The Kier molecular flexibility index (Phi) is 4.55. The van der Waals surface area contributed by atoms with Crippen molar-refractivity contribution in [3.63, 3.8) is 0 Å². The van der Waals surface area contributed by atoms with Gasteiger partial charge >= 0.3 is 0 Å². The Morgan fingerprint density at radius 3 is 2.76 bits per heavy atom. The number of fused-ring (bicyclic) bond motifs is 1. The number of aromatic amines is 1. The summed E-state index contributed by atoms with van der Waals surface area (Å²) in [4.78, 5) is 14.3. The van der Waals surface area contributed by atoms with Gasteiger partial charge in [-0.2, -0.15) is 0 Å². The van der Waals surface area contributed by atoms with Gasteiger partial charge in [0.25, 0.3) is 0 Å². The predicted octanol–water partition coefficient (Wildman–Crippen LogP) is 0.670. The van der Waals surface area contributed by atoms with E-state index >= 15 is 0 Å². The molecule has 1 heterocycles. The summed E-state index contributed by atoms with van der Waals surface area (Å²) in [5.41, 5.74) is 1.46. The van der Waals surface area contributed by atoms with Crippen LogP contribution in [0.5, 0.6) is 0 Å². The van der Waals surface area contributed by atoms with E-state index in [0.717, 1.165) is 36.8 Å². The first kappa shape index (κ1) is 16.2. The van der Waals surface area contributed by atoms with Crippen LogP contribution in [-0.4, -0.2) is 31.7 Å². The predicted molar refractivity (Wildman–Crippen MR) is 82.8 cm³/mol. The lowest BCUT2D eigenvalue weighted by atomic mass is 9.90. The summed E-state index contributed by atoms with van der Waals surface area (Å²) in [6, 6.07) is 3.55. The Morgan fingerprint density at radius 1 is 1.38 bits per heavy atom. The molecule has 2 rings (SSSR count). The first-order valence-electron chi connectivity index (χ1n) is 7.11. The second kappa shape index (κ2) is 5.90. The SMILES string of the molecule is CC(C)(CNC1CCCc2[nH]c(=O)ccc21)NS(C)(=O)=O. The van der Waals surface area contributed by atoms with Crippen LogP contribution in [0.15, 0.2) is 16.9 Å². The van der Waals surface area contributed by atoms with Crippen LogP contribution in [-0.2, 0) is 16.4 Å². The highest BCUT2D eigenvalue weighted by molar-refractivity contribution is 7.88. The summed E-state index contributed by atoms with van der Waals surface area (Å²) in [5.74, 6) is 0. The molecule has 0 amide bonds. The van der Waals surface area contributed by atoms with Crippen LogP contribution in [0.2, 0.25) is 0 Å². The van der Waals surface area contributed by atoms with Gasteiger partial charge in [-0.15, -0.1) is 0 Å². The summed E-state index contributed by atoms with van der Waals surface area (Å²) in [6.07, 6.45) is 4.03. The molecule has 0 spiro atoms. The molecule has 1 atom stereocenters. The molecule has 1 aliphatic carbocycles. The number of aryl methyl sites for hydroxylation is 1. The van der Waals surface area contributed by atoms with E-state index in [0.29, 0.717) is 6.54 Å². The van der Waals surface area contributed by atoms with Gasteiger partial charge in [-0.3, -0.25) is 4.79 Å². The van der Waals surface area contributed by atoms with Crippen LogP contribution in [0, 0.1) is 0 Å². The van der Waals surface area contributed by atoms with Crippen LogP contribution in [0.3, 0.4) is 0 Å². The van der Waals surface area contributed by atoms with E-state index in [1.807, 2.05) is 19.9 Å². The molecule has 6 nitrogen and oxygen atoms in total. The lowest BCUT2D eigenvalue weighted by Gasteiger charge is -2.31. The Balaban J connectivity index is 2.07. The van der Waals surface area contributed by atoms with Crippen LogP contribution < -0.4 is 15.6 Å². The van der Waals surface area contributed by atoms with Crippen molar-refractivity contribution in [3.8, 4) is 0 Å². The van der Waals surface area contributed by atoms with Gasteiger partial charge in [-0.25, -0.2) is 13.1 Å². The number of nitrogens with one attached hydrogen (secondary N) is 3. The first-order valence-corrected chi connectivity index (χ1v) is 9.00. The summed E-state index contributed by atoms with van der Waals surface area (Å²) >= 11 is 0. The maximum Gasteiger partial charge on any atom is 0.248 e. The number of sulfonamides is 1. The molecule has 0 aliphatic heterocycles. The molecule has 1 unspecified atom stereocenters. The van der Waals surface area contributed by atoms with E-state index in [-0.39, 0.29) is 11.6 Å². The van der Waals surface area contributed by atoms with Crippen molar-refractivity contribution >= 4 is 10.0 Å². The van der Waals surface area contributed by atoms with Crippen LogP contribution in [0.25, 0.3) is 0 Å². The van der Waals surface area contributed by atoms with E-state index in [4.69, 9.17) is 0 Å². The van der Waals surface area contributed by atoms with E-state index in [2.05, 4.69) is 15.0 Å². The molecule has 1 aromatic heterocycles. The normalized spacial score (nSPS) is 19.3. The standard InChI is InChI=1S/C14H23N3O3S/c1-14(2,17-21(3,19)20)9-15-11-5-4-6-12-10(11)7-8-13(18)16-12/h7-8,11,15,17H,4-6,9H2,1-3H3,(H,16,18). The lowest BCUT2D eigenvalue weighted by Crippen LogP contribution is -2.50. The van der Waals surface area contributed by atoms with Crippen molar-refractivity contribution in [2.75, 3.05) is 12.8 Å². The Bertz CT molecular complexity index is 664. The molecular formula is C14H23N3O3S. The van der Waals surface area contributed by atoms with Gasteiger partial charge in [0, 0.05) is 29.9 Å². The number of hydrogen-bond donors (Lipinski definition) is 3. The van der Waals surface area contributed by atoms with Crippen molar-refractivity contribution in [2.24, 2.45) is 0 Å². The van der Waals surface area contributed by atoms with Crippen LogP contribution >= 0.6 is 0 Å². The number of aromatic nitrogens is 1. The van der Waals surface area contributed by atoms with E-state index in [1.54, 1.807) is 6.07 Å². The fourth-order valence-electron chi connectivity index (χ4n) is 2.83. The highest BCUT2D eigenvalue weighted by atomic mass is 32.2. The number of pyridine rings is 1. The van der Waals surface area contributed by atoms with Gasteiger partial charge in [0.05, 0.1) is 6.26 Å². The smallest absolute Gasteiger partial charge is 0.248 e. The second-order valence-electron chi connectivity index (χ2n) is 6.34. The van der Waals surface area contributed by atoms with E-state index in [1.165, 1.54) is 0 Å². The molecule has 1 aromatic rings. The molecule has 7 heteroatoms. The first-order chi connectivity index (χ1) is 9.66. The third-order valence-electron chi connectivity index (χ3n) is 3.58. The minimum absolute atomic E-state index is 0.0755. The zero-order valence-corrected chi connectivity index (χ0v) is 13.5. The molecule has 0 radical (unpaired) electrons. The molecule has 1 aliphatic rings. The molecule has 0 saturated carbocycles. The number of hydrogen-bond acceptors (Lipinski definition) is 4. The van der Waals surface area contributed by atoms with Crippen molar-refractivity contribution in [3.05, 3.63) is 33.7 Å². The second-order valence-corrected chi connectivity index (χ2v) is 8.09. The molecule has 0 aromatic carbocycles. The van der Waals surface area contributed by atoms with Gasteiger partial charge in [-0.05, 0) is 38.7 Å². The maximum absolute atomic E-state index is 11.4. The average Bonchev–Trinajstić information content (AvgIpc) is 2.33. The van der Waals surface area contributed by atoms with E-state index in [9.17, 15) is 13.2 Å². The topological polar surface area (TPSA) is 91.1 Å². The fraction of sp³-hybridized carbons (Fsp3) is 0.643. The fourth-order valence-corrected chi connectivity index (χ4v) is 3.90. The highest BCUT2D eigenvalue weighted by Crippen LogP contribution is 2.27. The molecule has 0 saturated heterocycles. The molecule has 3 N–H and O–H groups in total. The zero-order chi connectivity index (χ0) is 15.7. The Morgan fingerprint density at radius 2 is 2.10 bits per heavy atom. The molecule has 21 heavy (non-hydrogen) atoms. The summed E-state index contributed by atoms with van der Waals surface area (Å²) in [7, 11) is -3.24. The summed E-state index contributed by atoms with van der Waals surface area (Å²) < 4.78 is 25.3. The maximum atomic E-state index is 11.4. The lowest BCUT2D eigenvalue weighted by molar-refractivity contribution is 0.368. The van der Waals surface area contributed by atoms with E-state index < -0.39 is 15.6 Å². The van der Waals surface area contributed by atoms with Crippen molar-refractivity contribution in [1.29, 1.82) is 0 Å². The third kappa shape index (κ3) is 4.66. The molecule has 0 fully saturated rings. The van der Waals surface area contributed by atoms with Gasteiger partial charge in [0.1, 0.15) is 0 Å². The van der Waals surface area contributed by atoms with Gasteiger partial charge in [0.15, 0.2) is 0 Å². The Labute approximate surface area is 125 Å². The minimum Gasteiger partial charge on any atom is -0.326 e. The van der Waals surface area contributed by atoms with Gasteiger partial charge in [-0.1, -0.05) is 6.07 Å². The summed E-state index contributed by atoms with van der Waals surface area (Å²) in [5, 5.41) is 3.41. The zero-order valence-electron chi connectivity index (χ0n) is 12.7. The van der Waals surface area contributed by atoms with Crippen molar-refractivity contribution in [1.82, 2.24) is 15.0 Å².